The molecule has 1 aromatic heterocycles. The molecule has 0 radical (unpaired) electrons. The maximum atomic E-state index is 13.6. The molecule has 13 nitrogen and oxygen atoms in total. The number of benzene rings is 2. The minimum atomic E-state index is -0.987. The second-order valence-corrected chi connectivity index (χ2v) is 13.7. The van der Waals surface area contributed by atoms with Crippen LogP contribution in [0.1, 0.15) is 41.5 Å². The third-order valence-corrected chi connectivity index (χ3v) is 7.57. The fourth-order valence-corrected chi connectivity index (χ4v) is 5.27. The van der Waals surface area contributed by atoms with Crippen molar-refractivity contribution in [3.63, 3.8) is 0 Å². The summed E-state index contributed by atoms with van der Waals surface area (Å²) in [5, 5.41) is 6.16. The molecule has 5 rings (SSSR count). The molecular weight excluding hydrogens is 614 g/mol. The van der Waals surface area contributed by atoms with Gasteiger partial charge in [-0.3, -0.25) is 9.69 Å². The number of ether oxygens (including phenoxy) is 3. The minimum absolute atomic E-state index is 0.0370. The van der Waals surface area contributed by atoms with Gasteiger partial charge in [-0.15, -0.1) is 0 Å². The van der Waals surface area contributed by atoms with Gasteiger partial charge in [0.25, 0.3) is 0 Å². The van der Waals surface area contributed by atoms with Gasteiger partial charge in [-0.05, 0) is 84.0 Å². The van der Waals surface area contributed by atoms with Crippen molar-refractivity contribution >= 4 is 41.1 Å². The van der Waals surface area contributed by atoms with E-state index in [9.17, 15) is 14.4 Å². The Morgan fingerprint density at radius 3 is 2.06 bits per heavy atom. The number of carbonyl (C=O) groups excluding carboxylic acids is 3. The highest BCUT2D eigenvalue weighted by Crippen LogP contribution is 2.25. The van der Waals surface area contributed by atoms with Crippen molar-refractivity contribution in [3.05, 3.63) is 60.8 Å². The molecule has 13 heteroatoms. The highest BCUT2D eigenvalue weighted by Gasteiger charge is 2.40. The molecule has 2 aliphatic heterocycles. The lowest BCUT2D eigenvalue weighted by atomic mass is 10.1. The van der Waals surface area contributed by atoms with Gasteiger partial charge in [0.15, 0.2) is 0 Å². The molecule has 3 heterocycles. The zero-order valence-corrected chi connectivity index (χ0v) is 28.5. The van der Waals surface area contributed by atoms with Crippen molar-refractivity contribution in [2.75, 3.05) is 61.5 Å². The molecule has 0 spiro atoms. The van der Waals surface area contributed by atoms with Crippen LogP contribution >= 0.6 is 0 Å². The largest absolute Gasteiger partial charge is 0.444 e. The number of amides is 3. The van der Waals surface area contributed by atoms with E-state index in [0.717, 1.165) is 43.2 Å². The first-order valence-electron chi connectivity index (χ1n) is 16.2. The predicted octanol–water partition coefficient (Wildman–Crippen LogP) is 5.52. The van der Waals surface area contributed by atoms with Gasteiger partial charge in [0.2, 0.25) is 11.9 Å². The molecule has 2 aromatic carbocycles. The van der Waals surface area contributed by atoms with E-state index in [1.54, 1.807) is 59.9 Å². The Bertz CT molecular complexity index is 1580. The molecule has 3 aromatic rings. The Morgan fingerprint density at radius 2 is 1.42 bits per heavy atom. The van der Waals surface area contributed by atoms with Crippen LogP contribution in [0.5, 0.6) is 0 Å². The van der Waals surface area contributed by atoms with Crippen LogP contribution in [0.15, 0.2) is 60.8 Å². The normalized spacial score (nSPS) is 17.0. The smallest absolute Gasteiger partial charge is 0.411 e. The quantitative estimate of drug-likeness (QED) is 0.348. The fraction of sp³-hybridized carbons (Fsp3) is 0.457. The molecule has 2 aliphatic rings. The monoisotopic (exact) mass is 659 g/mol. The summed E-state index contributed by atoms with van der Waals surface area (Å²) in [5.41, 5.74) is 2.61. The third kappa shape index (κ3) is 9.34. The lowest BCUT2D eigenvalue weighted by molar-refractivity contribution is -0.123. The van der Waals surface area contributed by atoms with E-state index >= 15 is 0 Å². The number of nitrogens with zero attached hydrogens (tertiary/aromatic N) is 5. The summed E-state index contributed by atoms with van der Waals surface area (Å²) in [6.45, 7) is 14.1. The number of morpholine rings is 1. The lowest BCUT2D eigenvalue weighted by Gasteiger charge is -2.40. The third-order valence-electron chi connectivity index (χ3n) is 7.57. The van der Waals surface area contributed by atoms with E-state index in [1.807, 2.05) is 30.3 Å². The maximum absolute atomic E-state index is 13.6. The van der Waals surface area contributed by atoms with Gasteiger partial charge in [-0.25, -0.2) is 19.6 Å². The Kier molecular flexibility index (Phi) is 10.4. The number of hydrogen-bond donors (Lipinski definition) is 2. The number of aromatic nitrogens is 2. The summed E-state index contributed by atoms with van der Waals surface area (Å²) < 4.78 is 16.5. The number of nitrogens with one attached hydrogen (secondary N) is 2. The standard InChI is InChI=1S/C35H45N7O6/c1-34(2,3)47-32(44)41-17-18-42(33(45)48-35(4,5)6)29(23-41)30(43)37-25-9-7-24(8-10-25)28-15-16-36-31(39-28)38-26-11-13-27(14-12-26)40-19-21-46-22-20-40/h7-16,29H,17-23H2,1-6H3,(H,37,43)(H,36,38,39)/t29-/m1/s1. The Labute approximate surface area is 281 Å². The van der Waals surface area contributed by atoms with Gasteiger partial charge >= 0.3 is 12.2 Å². The number of rotatable bonds is 6. The van der Waals surface area contributed by atoms with E-state index in [1.165, 1.54) is 9.80 Å². The summed E-state index contributed by atoms with van der Waals surface area (Å²) in [7, 11) is 0. The summed E-state index contributed by atoms with van der Waals surface area (Å²) >= 11 is 0. The number of anilines is 4. The Balaban J connectivity index is 1.25. The average Bonchev–Trinajstić information content (AvgIpc) is 3.04. The van der Waals surface area contributed by atoms with Gasteiger partial charge in [0.1, 0.15) is 17.2 Å². The van der Waals surface area contributed by atoms with E-state index in [0.29, 0.717) is 17.3 Å². The van der Waals surface area contributed by atoms with Crippen LogP contribution in [0.4, 0.5) is 32.6 Å². The van der Waals surface area contributed by atoms with Crippen molar-refractivity contribution in [1.82, 2.24) is 19.8 Å². The second-order valence-electron chi connectivity index (χ2n) is 13.7. The molecule has 2 saturated heterocycles. The first-order chi connectivity index (χ1) is 22.7. The molecule has 48 heavy (non-hydrogen) atoms. The molecule has 3 amide bonds. The van der Waals surface area contributed by atoms with Crippen molar-refractivity contribution in [1.29, 1.82) is 0 Å². The first kappa shape index (κ1) is 34.4. The highest BCUT2D eigenvalue weighted by atomic mass is 16.6. The molecule has 0 bridgehead atoms. The Hall–Kier alpha value is -4.91. The van der Waals surface area contributed by atoms with Crippen molar-refractivity contribution in [3.8, 4) is 11.3 Å². The van der Waals surface area contributed by atoms with E-state index < -0.39 is 35.3 Å². The first-order valence-corrected chi connectivity index (χ1v) is 16.2. The van der Waals surface area contributed by atoms with Crippen molar-refractivity contribution in [2.24, 2.45) is 0 Å². The van der Waals surface area contributed by atoms with Crippen LogP contribution in [0.2, 0.25) is 0 Å². The maximum Gasteiger partial charge on any atom is 0.411 e. The van der Waals surface area contributed by atoms with Crippen molar-refractivity contribution < 1.29 is 28.6 Å². The van der Waals surface area contributed by atoms with Crippen LogP contribution in [0.25, 0.3) is 11.3 Å². The fourth-order valence-electron chi connectivity index (χ4n) is 5.27. The van der Waals surface area contributed by atoms with Crippen LogP contribution in [0, 0.1) is 0 Å². The zero-order valence-electron chi connectivity index (χ0n) is 28.5. The summed E-state index contributed by atoms with van der Waals surface area (Å²) in [6.07, 6.45) is 0.521. The van der Waals surface area contributed by atoms with Gasteiger partial charge in [-0.2, -0.15) is 0 Å². The summed E-state index contributed by atoms with van der Waals surface area (Å²) in [4.78, 5) is 53.7. The van der Waals surface area contributed by atoms with Crippen LogP contribution in [0.3, 0.4) is 0 Å². The summed E-state index contributed by atoms with van der Waals surface area (Å²) in [6, 6.07) is 16.2. The van der Waals surface area contributed by atoms with Gasteiger partial charge in [0.05, 0.1) is 25.5 Å². The number of piperazine rings is 1. The molecule has 2 N–H and O–H groups in total. The average molecular weight is 660 g/mol. The van der Waals surface area contributed by atoms with Crippen LogP contribution in [-0.4, -0.2) is 101 Å². The molecule has 0 unspecified atom stereocenters. The molecule has 256 valence electrons. The molecule has 1 atom stereocenters. The van der Waals surface area contributed by atoms with E-state index in [2.05, 4.69) is 37.6 Å². The zero-order chi connectivity index (χ0) is 34.5. The SMILES string of the molecule is CC(C)(C)OC(=O)N1CCN(C(=O)OC(C)(C)C)[C@@H](C(=O)Nc2ccc(-c3ccnc(Nc4ccc(N5CCOCC5)cc4)n3)cc2)C1. The lowest BCUT2D eigenvalue weighted by Crippen LogP contribution is -2.61. The highest BCUT2D eigenvalue weighted by molar-refractivity contribution is 5.97. The molecular formula is C35H45N7O6. The van der Waals surface area contributed by atoms with E-state index in [-0.39, 0.29) is 19.6 Å². The minimum Gasteiger partial charge on any atom is -0.444 e. The molecule has 0 aliphatic carbocycles. The number of hydrogen-bond acceptors (Lipinski definition) is 10. The van der Waals surface area contributed by atoms with Crippen molar-refractivity contribution in [2.45, 2.75) is 58.8 Å². The molecule has 2 fully saturated rings. The van der Waals surface area contributed by atoms with Crippen LogP contribution in [-0.2, 0) is 19.0 Å². The van der Waals surface area contributed by atoms with E-state index in [4.69, 9.17) is 14.2 Å². The second kappa shape index (κ2) is 14.5. The summed E-state index contributed by atoms with van der Waals surface area (Å²) in [5.74, 6) is 0.00750. The van der Waals surface area contributed by atoms with Gasteiger partial charge in [-0.1, -0.05) is 12.1 Å². The predicted molar refractivity (Wildman–Crippen MR) is 183 cm³/mol. The van der Waals surface area contributed by atoms with Crippen LogP contribution < -0.4 is 15.5 Å². The van der Waals surface area contributed by atoms with Gasteiger partial charge in [0, 0.05) is 55.0 Å². The van der Waals surface area contributed by atoms with Gasteiger partial charge < -0.3 is 34.6 Å². The molecule has 0 saturated carbocycles. The Morgan fingerprint density at radius 1 is 0.792 bits per heavy atom. The number of carbonyl (C=O) groups is 3. The topological polar surface area (TPSA) is 138 Å².